The molecule has 2 aromatic carbocycles. The zero-order valence-electron chi connectivity index (χ0n) is 15.3. The Morgan fingerprint density at radius 2 is 2.04 bits per heavy atom. The molecule has 0 radical (unpaired) electrons. The molecule has 0 saturated heterocycles. The molecule has 2 amide bonds. The van der Waals surface area contributed by atoms with E-state index >= 15 is 0 Å². The van der Waals surface area contributed by atoms with Crippen LogP contribution in [0.4, 0.5) is 5.69 Å². The topological polar surface area (TPSA) is 103 Å². The maximum Gasteiger partial charge on any atom is 0.249 e. The van der Waals surface area contributed by atoms with Crippen LogP contribution in [0.3, 0.4) is 0 Å². The highest BCUT2D eigenvalue weighted by atomic mass is 16.5. The van der Waals surface area contributed by atoms with Crippen LogP contribution in [0.25, 0.3) is 17.0 Å². The van der Waals surface area contributed by atoms with E-state index in [1.165, 1.54) is 13.2 Å². The number of rotatable bonds is 7. The first kappa shape index (κ1) is 19.2. The van der Waals surface area contributed by atoms with Crippen molar-refractivity contribution in [2.45, 2.75) is 6.04 Å². The number of nitrogens with one attached hydrogen (secondary N) is 3. The molecule has 28 heavy (non-hydrogen) atoms. The molecule has 0 fully saturated rings. The number of aromatic amines is 1. The third kappa shape index (κ3) is 4.57. The Kier molecular flexibility index (Phi) is 6.08. The van der Waals surface area contributed by atoms with E-state index in [-0.39, 0.29) is 0 Å². The predicted octanol–water partition coefficient (Wildman–Crippen LogP) is 2.31. The van der Waals surface area contributed by atoms with Gasteiger partial charge in [0.2, 0.25) is 11.8 Å². The van der Waals surface area contributed by atoms with Crippen LogP contribution in [0, 0.1) is 0 Å². The Morgan fingerprint density at radius 3 is 2.82 bits per heavy atom. The molecule has 0 spiro atoms. The molecule has 0 bridgehead atoms. The number of aliphatic hydroxyl groups excluding tert-OH is 1. The minimum absolute atomic E-state index is 0.481. The van der Waals surface area contributed by atoms with Gasteiger partial charge in [-0.1, -0.05) is 24.3 Å². The molecule has 7 nitrogen and oxygen atoms in total. The molecule has 0 aliphatic carbocycles. The van der Waals surface area contributed by atoms with Gasteiger partial charge in [0, 0.05) is 34.9 Å². The Hall–Kier alpha value is -3.58. The van der Waals surface area contributed by atoms with Crippen LogP contribution in [0.2, 0.25) is 0 Å². The maximum absolute atomic E-state index is 12.3. The lowest BCUT2D eigenvalue weighted by atomic mass is 10.1. The average molecular weight is 379 g/mol. The molecule has 3 aromatic rings. The van der Waals surface area contributed by atoms with Crippen molar-refractivity contribution in [1.29, 1.82) is 0 Å². The molecular weight excluding hydrogens is 358 g/mol. The van der Waals surface area contributed by atoms with Gasteiger partial charge in [-0.3, -0.25) is 9.59 Å². The Balaban J connectivity index is 1.63. The summed E-state index contributed by atoms with van der Waals surface area (Å²) in [6.45, 7) is -0.525. The molecular formula is C21H21N3O4. The van der Waals surface area contributed by atoms with E-state index in [9.17, 15) is 14.7 Å². The predicted molar refractivity (Wildman–Crippen MR) is 108 cm³/mol. The normalized spacial score (nSPS) is 12.1. The summed E-state index contributed by atoms with van der Waals surface area (Å²) in [5.74, 6) is -0.418. The van der Waals surface area contributed by atoms with Crippen molar-refractivity contribution in [2.24, 2.45) is 0 Å². The lowest BCUT2D eigenvalue weighted by Gasteiger charge is -2.15. The summed E-state index contributed by atoms with van der Waals surface area (Å²) in [5.41, 5.74) is 2.33. The fraction of sp³-hybridized carbons (Fsp3) is 0.143. The summed E-state index contributed by atoms with van der Waals surface area (Å²) in [6, 6.07) is 13.5. The van der Waals surface area contributed by atoms with Crippen molar-refractivity contribution in [3.63, 3.8) is 0 Å². The molecule has 1 atom stereocenters. The lowest BCUT2D eigenvalue weighted by Crippen LogP contribution is -2.45. The summed E-state index contributed by atoms with van der Waals surface area (Å²) in [4.78, 5) is 27.6. The summed E-state index contributed by atoms with van der Waals surface area (Å²) >= 11 is 0. The zero-order valence-corrected chi connectivity index (χ0v) is 15.3. The van der Waals surface area contributed by atoms with Gasteiger partial charge in [-0.2, -0.15) is 0 Å². The van der Waals surface area contributed by atoms with E-state index in [4.69, 9.17) is 4.74 Å². The van der Waals surface area contributed by atoms with Gasteiger partial charge in [-0.15, -0.1) is 0 Å². The fourth-order valence-corrected chi connectivity index (χ4v) is 2.74. The van der Waals surface area contributed by atoms with E-state index in [1.54, 1.807) is 36.5 Å². The van der Waals surface area contributed by atoms with Crippen molar-refractivity contribution < 1.29 is 19.4 Å². The number of para-hydroxylation sites is 1. The number of carbonyl (C=O) groups excluding carboxylic acids is 2. The van der Waals surface area contributed by atoms with E-state index < -0.39 is 24.5 Å². The van der Waals surface area contributed by atoms with E-state index in [0.29, 0.717) is 11.4 Å². The van der Waals surface area contributed by atoms with E-state index in [1.807, 2.05) is 24.3 Å². The van der Waals surface area contributed by atoms with Crippen molar-refractivity contribution in [2.75, 3.05) is 19.0 Å². The minimum Gasteiger partial charge on any atom is -0.497 e. The van der Waals surface area contributed by atoms with Gasteiger partial charge in [-0.25, -0.2) is 0 Å². The highest BCUT2D eigenvalue weighted by molar-refractivity contribution is 6.01. The van der Waals surface area contributed by atoms with Crippen LogP contribution in [0.5, 0.6) is 5.75 Å². The Morgan fingerprint density at radius 1 is 1.21 bits per heavy atom. The van der Waals surface area contributed by atoms with Crippen molar-refractivity contribution in [3.05, 3.63) is 66.4 Å². The summed E-state index contributed by atoms with van der Waals surface area (Å²) in [6.07, 6.45) is 4.78. The molecule has 144 valence electrons. The van der Waals surface area contributed by atoms with Crippen LogP contribution >= 0.6 is 0 Å². The van der Waals surface area contributed by atoms with E-state index in [0.717, 1.165) is 16.5 Å². The zero-order chi connectivity index (χ0) is 19.9. The number of amides is 2. The summed E-state index contributed by atoms with van der Waals surface area (Å²) < 4.78 is 5.10. The molecule has 4 N–H and O–H groups in total. The van der Waals surface area contributed by atoms with Crippen LogP contribution in [-0.4, -0.2) is 41.7 Å². The molecule has 1 heterocycles. The number of hydrogen-bond donors (Lipinski definition) is 4. The third-order valence-corrected chi connectivity index (χ3v) is 4.19. The number of carbonyl (C=O) groups is 2. The molecule has 7 heteroatoms. The van der Waals surface area contributed by atoms with Gasteiger partial charge in [-0.05, 0) is 29.8 Å². The number of H-pyrrole nitrogens is 1. The molecule has 0 saturated carbocycles. The smallest absolute Gasteiger partial charge is 0.249 e. The first-order chi connectivity index (χ1) is 13.6. The van der Waals surface area contributed by atoms with Crippen LogP contribution in [0.1, 0.15) is 5.56 Å². The van der Waals surface area contributed by atoms with Gasteiger partial charge in [0.25, 0.3) is 0 Å². The van der Waals surface area contributed by atoms with Gasteiger partial charge in [0.05, 0.1) is 13.7 Å². The Labute approximate surface area is 162 Å². The van der Waals surface area contributed by atoms with Gasteiger partial charge < -0.3 is 25.5 Å². The van der Waals surface area contributed by atoms with Gasteiger partial charge >= 0.3 is 0 Å². The number of hydrogen-bond acceptors (Lipinski definition) is 4. The quantitative estimate of drug-likeness (QED) is 0.473. The largest absolute Gasteiger partial charge is 0.497 e. The van der Waals surface area contributed by atoms with E-state index in [2.05, 4.69) is 15.6 Å². The summed E-state index contributed by atoms with van der Waals surface area (Å²) in [7, 11) is 1.53. The third-order valence-electron chi connectivity index (χ3n) is 4.19. The number of aromatic nitrogens is 1. The molecule has 1 unspecified atom stereocenters. The number of methoxy groups -OCH3 is 1. The molecule has 0 aliphatic heterocycles. The minimum atomic E-state index is -1.08. The number of ether oxygens (including phenoxy) is 1. The average Bonchev–Trinajstić information content (AvgIpc) is 3.13. The second-order valence-electron chi connectivity index (χ2n) is 6.09. The molecule has 3 rings (SSSR count). The standard InChI is InChI=1S/C21H21N3O4/c1-28-16-6-4-5-15(11-16)23-21(27)19(13-25)24-20(26)10-9-14-12-22-18-8-3-2-7-17(14)18/h2-12,19,22,25H,13H2,1H3,(H,23,27)(H,24,26). The monoisotopic (exact) mass is 379 g/mol. The highest BCUT2D eigenvalue weighted by Crippen LogP contribution is 2.19. The van der Waals surface area contributed by atoms with Gasteiger partial charge in [0.15, 0.2) is 0 Å². The van der Waals surface area contributed by atoms with Crippen LogP contribution < -0.4 is 15.4 Å². The number of aliphatic hydroxyl groups is 1. The highest BCUT2D eigenvalue weighted by Gasteiger charge is 2.19. The van der Waals surface area contributed by atoms with Crippen molar-refractivity contribution in [3.8, 4) is 5.75 Å². The number of anilines is 1. The first-order valence-electron chi connectivity index (χ1n) is 8.71. The van der Waals surface area contributed by atoms with Crippen LogP contribution in [-0.2, 0) is 9.59 Å². The fourth-order valence-electron chi connectivity index (χ4n) is 2.74. The number of fused-ring (bicyclic) bond motifs is 1. The van der Waals surface area contributed by atoms with Crippen molar-refractivity contribution >= 4 is 34.5 Å². The maximum atomic E-state index is 12.3. The second kappa shape index (κ2) is 8.88. The van der Waals surface area contributed by atoms with Crippen LogP contribution in [0.15, 0.2) is 60.8 Å². The lowest BCUT2D eigenvalue weighted by molar-refractivity contribution is -0.124. The number of benzene rings is 2. The first-order valence-corrected chi connectivity index (χ1v) is 8.71. The molecule has 0 aliphatic rings. The Bertz CT molecular complexity index is 1010. The van der Waals surface area contributed by atoms with Crippen molar-refractivity contribution in [1.82, 2.24) is 10.3 Å². The summed E-state index contributed by atoms with van der Waals surface area (Å²) in [5, 5.41) is 15.6. The molecule has 1 aromatic heterocycles. The SMILES string of the molecule is COc1cccc(NC(=O)C(CO)NC(=O)C=Cc2c[nH]c3ccccc23)c1. The van der Waals surface area contributed by atoms with Gasteiger partial charge in [0.1, 0.15) is 11.8 Å². The second-order valence-corrected chi connectivity index (χ2v) is 6.09.